The molecule has 1 aliphatic heterocycles. The van der Waals surface area contributed by atoms with Crippen molar-refractivity contribution in [2.45, 2.75) is 19.9 Å². The first-order valence-electron chi connectivity index (χ1n) is 6.07. The van der Waals surface area contributed by atoms with E-state index in [1.54, 1.807) is 6.07 Å². The number of hydrogen-bond acceptors (Lipinski definition) is 2. The molecule has 0 bridgehead atoms. The second-order valence-corrected chi connectivity index (χ2v) is 4.79. The SMILES string of the molecule is Cc1nn(CC2CCNC2)c2ccc(F)cc12. The predicted octanol–water partition coefficient (Wildman–Crippen LogP) is 2.09. The molecule has 17 heavy (non-hydrogen) atoms. The molecule has 1 atom stereocenters. The monoisotopic (exact) mass is 233 g/mol. The first-order valence-corrected chi connectivity index (χ1v) is 6.07. The molecular formula is C13H16FN3. The first-order chi connectivity index (χ1) is 8.24. The molecule has 3 nitrogen and oxygen atoms in total. The van der Waals surface area contributed by atoms with Crippen LogP contribution >= 0.6 is 0 Å². The van der Waals surface area contributed by atoms with Crippen molar-refractivity contribution in [2.24, 2.45) is 5.92 Å². The molecule has 3 rings (SSSR count). The Morgan fingerprint density at radius 1 is 1.53 bits per heavy atom. The lowest BCUT2D eigenvalue weighted by Crippen LogP contribution is -2.15. The van der Waals surface area contributed by atoms with Crippen molar-refractivity contribution in [1.29, 1.82) is 0 Å². The minimum absolute atomic E-state index is 0.192. The van der Waals surface area contributed by atoms with Gasteiger partial charge in [-0.05, 0) is 50.6 Å². The highest BCUT2D eigenvalue weighted by Gasteiger charge is 2.17. The number of halogens is 1. The normalized spacial score (nSPS) is 20.2. The van der Waals surface area contributed by atoms with Crippen molar-refractivity contribution in [3.8, 4) is 0 Å². The summed E-state index contributed by atoms with van der Waals surface area (Å²) in [5.74, 6) is 0.449. The lowest BCUT2D eigenvalue weighted by Gasteiger charge is -2.09. The summed E-state index contributed by atoms with van der Waals surface area (Å²) in [5.41, 5.74) is 1.95. The molecule has 1 fully saturated rings. The minimum atomic E-state index is -0.192. The van der Waals surface area contributed by atoms with Crippen LogP contribution < -0.4 is 5.32 Å². The predicted molar refractivity (Wildman–Crippen MR) is 65.4 cm³/mol. The number of rotatable bonds is 2. The summed E-state index contributed by atoms with van der Waals surface area (Å²) >= 11 is 0. The van der Waals surface area contributed by atoms with E-state index in [4.69, 9.17) is 0 Å². The topological polar surface area (TPSA) is 29.9 Å². The molecule has 90 valence electrons. The molecule has 2 heterocycles. The standard InChI is InChI=1S/C13H16FN3/c1-9-12-6-11(14)2-3-13(12)17(16-9)8-10-4-5-15-7-10/h2-3,6,10,15H,4-5,7-8H2,1H3. The molecule has 0 amide bonds. The van der Waals surface area contributed by atoms with Gasteiger partial charge in [-0.3, -0.25) is 4.68 Å². The Bertz CT molecular complexity index is 541. The maximum atomic E-state index is 13.2. The highest BCUT2D eigenvalue weighted by atomic mass is 19.1. The van der Waals surface area contributed by atoms with Crippen LogP contribution in [0, 0.1) is 18.7 Å². The van der Waals surface area contributed by atoms with Crippen molar-refractivity contribution in [1.82, 2.24) is 15.1 Å². The maximum absolute atomic E-state index is 13.2. The molecule has 4 heteroatoms. The van der Waals surface area contributed by atoms with Crippen molar-refractivity contribution < 1.29 is 4.39 Å². The van der Waals surface area contributed by atoms with Gasteiger partial charge in [0, 0.05) is 11.9 Å². The quantitative estimate of drug-likeness (QED) is 0.860. The number of aryl methyl sites for hydroxylation is 1. The second-order valence-electron chi connectivity index (χ2n) is 4.79. The van der Waals surface area contributed by atoms with E-state index in [2.05, 4.69) is 10.4 Å². The van der Waals surface area contributed by atoms with Gasteiger partial charge in [0.2, 0.25) is 0 Å². The molecule has 1 aliphatic rings. The van der Waals surface area contributed by atoms with Gasteiger partial charge in [-0.1, -0.05) is 0 Å². The first kappa shape index (κ1) is 10.7. The van der Waals surface area contributed by atoms with E-state index in [9.17, 15) is 4.39 Å². The third-order valence-electron chi connectivity index (χ3n) is 3.49. The van der Waals surface area contributed by atoms with Gasteiger partial charge in [-0.2, -0.15) is 5.10 Å². The summed E-state index contributed by atoms with van der Waals surface area (Å²) in [6.45, 7) is 5.01. The maximum Gasteiger partial charge on any atom is 0.124 e. The molecule has 0 aliphatic carbocycles. The Morgan fingerprint density at radius 3 is 3.18 bits per heavy atom. The molecule has 0 saturated carbocycles. The molecule has 1 aromatic carbocycles. The number of fused-ring (bicyclic) bond motifs is 1. The van der Waals surface area contributed by atoms with Gasteiger partial charge in [0.05, 0.1) is 11.2 Å². The average Bonchev–Trinajstić information content (AvgIpc) is 2.89. The lowest BCUT2D eigenvalue weighted by atomic mass is 10.1. The van der Waals surface area contributed by atoms with E-state index in [-0.39, 0.29) is 5.82 Å². The van der Waals surface area contributed by atoms with Crippen molar-refractivity contribution in [3.63, 3.8) is 0 Å². The Hall–Kier alpha value is -1.42. The van der Waals surface area contributed by atoms with Crippen LogP contribution in [0.5, 0.6) is 0 Å². The van der Waals surface area contributed by atoms with Crippen LogP contribution in [-0.2, 0) is 6.54 Å². The van der Waals surface area contributed by atoms with Crippen LogP contribution in [0.1, 0.15) is 12.1 Å². The third kappa shape index (κ3) is 1.93. The van der Waals surface area contributed by atoms with Crippen LogP contribution in [0.15, 0.2) is 18.2 Å². The summed E-state index contributed by atoms with van der Waals surface area (Å²) in [4.78, 5) is 0. The fourth-order valence-electron chi connectivity index (χ4n) is 2.57. The summed E-state index contributed by atoms with van der Waals surface area (Å²) < 4.78 is 15.2. The number of hydrogen-bond donors (Lipinski definition) is 1. The number of nitrogens with zero attached hydrogens (tertiary/aromatic N) is 2. The Morgan fingerprint density at radius 2 is 2.41 bits per heavy atom. The Kier molecular flexibility index (Phi) is 2.59. The Balaban J connectivity index is 1.98. The van der Waals surface area contributed by atoms with Gasteiger partial charge in [0.25, 0.3) is 0 Å². The van der Waals surface area contributed by atoms with E-state index in [0.29, 0.717) is 5.92 Å². The van der Waals surface area contributed by atoms with E-state index in [1.807, 2.05) is 17.7 Å². The van der Waals surface area contributed by atoms with Gasteiger partial charge >= 0.3 is 0 Å². The molecule has 0 radical (unpaired) electrons. The minimum Gasteiger partial charge on any atom is -0.316 e. The van der Waals surface area contributed by atoms with Crippen LogP contribution in [0.3, 0.4) is 0 Å². The van der Waals surface area contributed by atoms with E-state index in [0.717, 1.165) is 36.2 Å². The fourth-order valence-corrected chi connectivity index (χ4v) is 2.57. The zero-order chi connectivity index (χ0) is 11.8. The summed E-state index contributed by atoms with van der Waals surface area (Å²) in [5, 5.41) is 8.80. The molecular weight excluding hydrogens is 217 g/mol. The molecule has 1 unspecified atom stereocenters. The van der Waals surface area contributed by atoms with Crippen LogP contribution in [-0.4, -0.2) is 22.9 Å². The third-order valence-corrected chi connectivity index (χ3v) is 3.49. The number of aromatic nitrogens is 2. The van der Waals surface area contributed by atoms with Crippen molar-refractivity contribution in [2.75, 3.05) is 13.1 Å². The van der Waals surface area contributed by atoms with Gasteiger partial charge in [-0.15, -0.1) is 0 Å². The van der Waals surface area contributed by atoms with Gasteiger partial charge in [0.15, 0.2) is 0 Å². The second kappa shape index (κ2) is 4.11. The molecule has 1 saturated heterocycles. The van der Waals surface area contributed by atoms with E-state index < -0.39 is 0 Å². The largest absolute Gasteiger partial charge is 0.316 e. The average molecular weight is 233 g/mol. The van der Waals surface area contributed by atoms with Crippen molar-refractivity contribution >= 4 is 10.9 Å². The zero-order valence-electron chi connectivity index (χ0n) is 9.91. The highest BCUT2D eigenvalue weighted by molar-refractivity contribution is 5.81. The van der Waals surface area contributed by atoms with E-state index in [1.165, 1.54) is 12.5 Å². The summed E-state index contributed by atoms with van der Waals surface area (Å²) in [6, 6.07) is 4.90. The fraction of sp³-hybridized carbons (Fsp3) is 0.462. The summed E-state index contributed by atoms with van der Waals surface area (Å²) in [6.07, 6.45) is 1.20. The lowest BCUT2D eigenvalue weighted by molar-refractivity contribution is 0.458. The molecule has 0 spiro atoms. The van der Waals surface area contributed by atoms with E-state index >= 15 is 0 Å². The number of nitrogens with one attached hydrogen (secondary N) is 1. The number of benzene rings is 1. The van der Waals surface area contributed by atoms with Gasteiger partial charge in [0.1, 0.15) is 5.82 Å². The van der Waals surface area contributed by atoms with Crippen molar-refractivity contribution in [3.05, 3.63) is 29.7 Å². The smallest absolute Gasteiger partial charge is 0.124 e. The zero-order valence-corrected chi connectivity index (χ0v) is 9.91. The molecule has 1 N–H and O–H groups in total. The molecule has 1 aromatic heterocycles. The van der Waals surface area contributed by atoms with Crippen LogP contribution in [0.4, 0.5) is 4.39 Å². The Labute approximate surface area is 99.6 Å². The molecule has 2 aromatic rings. The van der Waals surface area contributed by atoms with Crippen LogP contribution in [0.2, 0.25) is 0 Å². The highest BCUT2D eigenvalue weighted by Crippen LogP contribution is 2.21. The van der Waals surface area contributed by atoms with Gasteiger partial charge < -0.3 is 5.32 Å². The van der Waals surface area contributed by atoms with Crippen LogP contribution in [0.25, 0.3) is 10.9 Å². The van der Waals surface area contributed by atoms with Gasteiger partial charge in [-0.25, -0.2) is 4.39 Å². The summed E-state index contributed by atoms with van der Waals surface area (Å²) in [7, 11) is 0.